The number of fused-ring (bicyclic) bond motifs is 3. The van der Waals surface area contributed by atoms with Gasteiger partial charge in [0.15, 0.2) is 11.2 Å². The van der Waals surface area contributed by atoms with Gasteiger partial charge in [-0.2, -0.15) is 4.98 Å². The number of nitrogens with zero attached hydrogens (tertiary/aromatic N) is 5. The molecule has 4 aromatic rings. The van der Waals surface area contributed by atoms with Crippen LogP contribution in [0.5, 0.6) is 5.75 Å². The van der Waals surface area contributed by atoms with Crippen molar-refractivity contribution in [2.45, 2.75) is 20.0 Å². The number of hydrogen-bond donors (Lipinski definition) is 0. The van der Waals surface area contributed by atoms with Gasteiger partial charge in [0.2, 0.25) is 5.95 Å². The molecule has 170 valence electrons. The van der Waals surface area contributed by atoms with Crippen LogP contribution in [0.15, 0.2) is 58.1 Å². The Morgan fingerprint density at radius 1 is 1.09 bits per heavy atom. The molecule has 9 heteroatoms. The van der Waals surface area contributed by atoms with Crippen molar-refractivity contribution >= 4 is 22.8 Å². The maximum atomic E-state index is 14.3. The van der Waals surface area contributed by atoms with Crippen LogP contribution in [-0.2, 0) is 20.1 Å². The number of rotatable bonds is 4. The van der Waals surface area contributed by atoms with Crippen LogP contribution in [0.1, 0.15) is 12.5 Å². The molecule has 3 heterocycles. The number of aromatic nitrogens is 4. The number of anilines is 2. The summed E-state index contributed by atoms with van der Waals surface area (Å²) >= 11 is 0. The molecule has 0 fully saturated rings. The van der Waals surface area contributed by atoms with Crippen LogP contribution in [-0.4, -0.2) is 32.3 Å². The fourth-order valence-electron chi connectivity index (χ4n) is 4.50. The van der Waals surface area contributed by atoms with E-state index in [2.05, 4.69) is 6.92 Å². The zero-order valence-electron chi connectivity index (χ0n) is 18.7. The fourth-order valence-corrected chi connectivity index (χ4v) is 4.50. The minimum absolute atomic E-state index is 0.152. The van der Waals surface area contributed by atoms with Crippen LogP contribution < -0.4 is 20.9 Å². The van der Waals surface area contributed by atoms with E-state index < -0.39 is 17.1 Å². The number of halogens is 1. The molecular formula is C24H24FN5O3. The van der Waals surface area contributed by atoms with Crippen molar-refractivity contribution in [2.24, 2.45) is 13.0 Å². The van der Waals surface area contributed by atoms with Gasteiger partial charge >= 0.3 is 5.69 Å². The highest BCUT2D eigenvalue weighted by atomic mass is 19.1. The van der Waals surface area contributed by atoms with Gasteiger partial charge in [-0.1, -0.05) is 37.3 Å². The lowest BCUT2D eigenvalue weighted by Crippen LogP contribution is -2.40. The SMILES string of the molecule is COc1ccccc1N1C[C@@H](C)Cn2c1nc1c2c(=O)n(Cc2ccccc2F)c(=O)n1C. The summed E-state index contributed by atoms with van der Waals surface area (Å²) in [5.41, 5.74) is 0.721. The summed E-state index contributed by atoms with van der Waals surface area (Å²) in [6, 6.07) is 13.8. The van der Waals surface area contributed by atoms with Gasteiger partial charge in [-0.25, -0.2) is 9.18 Å². The maximum Gasteiger partial charge on any atom is 0.332 e. The van der Waals surface area contributed by atoms with Crippen molar-refractivity contribution in [3.05, 3.63) is 80.7 Å². The van der Waals surface area contributed by atoms with Crippen molar-refractivity contribution in [2.75, 3.05) is 18.6 Å². The van der Waals surface area contributed by atoms with E-state index in [0.29, 0.717) is 36.0 Å². The summed E-state index contributed by atoms with van der Waals surface area (Å²) in [5.74, 6) is 1.01. The molecule has 0 spiro atoms. The number of hydrogen-bond acceptors (Lipinski definition) is 5. The second-order valence-electron chi connectivity index (χ2n) is 8.41. The molecule has 1 aliphatic heterocycles. The van der Waals surface area contributed by atoms with E-state index >= 15 is 0 Å². The number of imidazole rings is 1. The average Bonchev–Trinajstić information content (AvgIpc) is 3.20. The lowest BCUT2D eigenvalue weighted by molar-refractivity contribution is 0.409. The largest absolute Gasteiger partial charge is 0.495 e. The van der Waals surface area contributed by atoms with E-state index in [9.17, 15) is 14.0 Å². The molecule has 0 amide bonds. The highest BCUT2D eigenvalue weighted by Crippen LogP contribution is 2.37. The van der Waals surface area contributed by atoms with Gasteiger partial charge in [0.05, 0.1) is 19.3 Å². The Hall–Kier alpha value is -3.88. The Balaban J connectivity index is 1.74. The first-order chi connectivity index (χ1) is 15.9. The zero-order valence-corrected chi connectivity index (χ0v) is 18.7. The van der Waals surface area contributed by atoms with Crippen LogP contribution in [0, 0.1) is 11.7 Å². The molecular weight excluding hydrogens is 425 g/mol. The van der Waals surface area contributed by atoms with Crippen LogP contribution >= 0.6 is 0 Å². The molecule has 2 aromatic heterocycles. The first-order valence-electron chi connectivity index (χ1n) is 10.7. The summed E-state index contributed by atoms with van der Waals surface area (Å²) in [6.07, 6.45) is 0. The molecule has 0 saturated carbocycles. The van der Waals surface area contributed by atoms with Gasteiger partial charge in [0.25, 0.3) is 5.56 Å². The average molecular weight is 449 g/mol. The zero-order chi connectivity index (χ0) is 23.3. The molecule has 0 bridgehead atoms. The Morgan fingerprint density at radius 2 is 1.82 bits per heavy atom. The second kappa shape index (κ2) is 7.91. The van der Waals surface area contributed by atoms with Crippen molar-refractivity contribution in [1.82, 2.24) is 18.7 Å². The monoisotopic (exact) mass is 449 g/mol. The molecule has 5 rings (SSSR count). The minimum Gasteiger partial charge on any atom is -0.495 e. The second-order valence-corrected chi connectivity index (χ2v) is 8.41. The van der Waals surface area contributed by atoms with Gasteiger partial charge in [-0.3, -0.25) is 13.9 Å². The number of methoxy groups -OCH3 is 1. The van der Waals surface area contributed by atoms with Crippen LogP contribution in [0.25, 0.3) is 11.2 Å². The summed E-state index contributed by atoms with van der Waals surface area (Å²) in [4.78, 5) is 33.3. The third kappa shape index (κ3) is 3.31. The molecule has 0 radical (unpaired) electrons. The fraction of sp³-hybridized carbons (Fsp3) is 0.292. The van der Waals surface area contributed by atoms with E-state index in [1.54, 1.807) is 32.4 Å². The smallest absolute Gasteiger partial charge is 0.332 e. The highest BCUT2D eigenvalue weighted by Gasteiger charge is 2.31. The van der Waals surface area contributed by atoms with E-state index in [0.717, 1.165) is 10.3 Å². The molecule has 8 nitrogen and oxygen atoms in total. The quantitative estimate of drug-likeness (QED) is 0.479. The van der Waals surface area contributed by atoms with E-state index in [1.807, 2.05) is 33.7 Å². The van der Waals surface area contributed by atoms with E-state index in [4.69, 9.17) is 9.72 Å². The molecule has 0 saturated heterocycles. The van der Waals surface area contributed by atoms with Gasteiger partial charge in [0.1, 0.15) is 11.6 Å². The number of aryl methyl sites for hydroxylation is 1. The van der Waals surface area contributed by atoms with Crippen molar-refractivity contribution in [3.63, 3.8) is 0 Å². The first kappa shape index (κ1) is 21.0. The standard InChI is InChI=1S/C24H24FN5O3/c1-15-12-28(18-10-6-7-11-19(18)33-3)23-26-21-20(29(23)13-15)22(31)30(24(32)27(21)2)14-16-8-4-5-9-17(16)25/h4-11,15H,12-14H2,1-3H3/t15-/m1/s1. The lowest BCUT2D eigenvalue weighted by Gasteiger charge is -2.33. The van der Waals surface area contributed by atoms with Gasteiger partial charge < -0.3 is 14.2 Å². The number of benzene rings is 2. The number of ether oxygens (including phenoxy) is 1. The van der Waals surface area contributed by atoms with Crippen molar-refractivity contribution in [3.8, 4) is 5.75 Å². The third-order valence-corrected chi connectivity index (χ3v) is 6.10. The van der Waals surface area contributed by atoms with Crippen LogP contribution in [0.4, 0.5) is 16.0 Å². The predicted molar refractivity (Wildman–Crippen MR) is 124 cm³/mol. The first-order valence-corrected chi connectivity index (χ1v) is 10.7. The lowest BCUT2D eigenvalue weighted by atomic mass is 10.1. The van der Waals surface area contributed by atoms with Crippen LogP contribution in [0.3, 0.4) is 0 Å². The normalized spacial score (nSPS) is 15.6. The molecule has 0 unspecified atom stereocenters. The summed E-state index contributed by atoms with van der Waals surface area (Å²) in [6.45, 7) is 3.20. The van der Waals surface area contributed by atoms with Gasteiger partial charge in [-0.05, 0) is 24.1 Å². The van der Waals surface area contributed by atoms with Crippen molar-refractivity contribution in [1.29, 1.82) is 0 Å². The third-order valence-electron chi connectivity index (χ3n) is 6.10. The Labute approximate surface area is 189 Å². The van der Waals surface area contributed by atoms with Gasteiger partial charge in [-0.15, -0.1) is 0 Å². The van der Waals surface area contributed by atoms with Crippen LogP contribution in [0.2, 0.25) is 0 Å². The maximum absolute atomic E-state index is 14.3. The van der Waals surface area contributed by atoms with E-state index in [-0.39, 0.29) is 18.0 Å². The Morgan fingerprint density at radius 3 is 2.58 bits per heavy atom. The van der Waals surface area contributed by atoms with Crippen molar-refractivity contribution < 1.29 is 9.13 Å². The minimum atomic E-state index is -0.539. The predicted octanol–water partition coefficient (Wildman–Crippen LogP) is 2.88. The Kier molecular flexibility index (Phi) is 5.03. The molecule has 2 aromatic carbocycles. The number of para-hydroxylation sites is 2. The Bertz CT molecular complexity index is 1490. The van der Waals surface area contributed by atoms with Gasteiger partial charge in [0, 0.05) is 25.7 Å². The molecule has 33 heavy (non-hydrogen) atoms. The topological polar surface area (TPSA) is 74.3 Å². The summed E-state index contributed by atoms with van der Waals surface area (Å²) in [7, 11) is 3.19. The van der Waals surface area contributed by atoms with E-state index in [1.165, 1.54) is 10.6 Å². The molecule has 0 N–H and O–H groups in total. The summed E-state index contributed by atoms with van der Waals surface area (Å²) < 4.78 is 24.1. The highest BCUT2D eigenvalue weighted by molar-refractivity contribution is 5.78. The molecule has 1 atom stereocenters. The summed E-state index contributed by atoms with van der Waals surface area (Å²) in [5, 5.41) is 0. The molecule has 1 aliphatic rings. The molecule has 0 aliphatic carbocycles.